The molecule has 150 valence electrons. The van der Waals surface area contributed by atoms with E-state index in [-0.39, 0.29) is 22.2 Å². The lowest BCUT2D eigenvalue weighted by molar-refractivity contribution is 0.239. The minimum absolute atomic E-state index is 0. The molecule has 28 heavy (non-hydrogen) atoms. The molecule has 0 saturated carbocycles. The van der Waals surface area contributed by atoms with Crippen molar-refractivity contribution in [3.8, 4) is 5.75 Å². The maximum atomic E-state index is 14.1. The lowest BCUT2D eigenvalue weighted by Gasteiger charge is -2.15. The molecule has 1 fully saturated rings. The molecule has 0 bridgehead atoms. The highest BCUT2D eigenvalue weighted by Gasteiger charge is 2.25. The van der Waals surface area contributed by atoms with Crippen LogP contribution in [0.25, 0.3) is 10.9 Å². The summed E-state index contributed by atoms with van der Waals surface area (Å²) < 4.78 is 45.8. The van der Waals surface area contributed by atoms with Crippen molar-refractivity contribution in [3.63, 3.8) is 0 Å². The summed E-state index contributed by atoms with van der Waals surface area (Å²) >= 11 is 0. The Hall–Kier alpha value is -2.09. The summed E-state index contributed by atoms with van der Waals surface area (Å²) in [4.78, 5) is 5.06. The van der Waals surface area contributed by atoms with Crippen molar-refractivity contribution < 1.29 is 17.5 Å². The van der Waals surface area contributed by atoms with Gasteiger partial charge >= 0.3 is 0 Å². The Kier molecular flexibility index (Phi) is 6.27. The van der Waals surface area contributed by atoms with Gasteiger partial charge in [0.2, 0.25) is 9.84 Å². The Morgan fingerprint density at radius 2 is 1.79 bits per heavy atom. The van der Waals surface area contributed by atoms with Crippen LogP contribution < -0.4 is 4.74 Å². The summed E-state index contributed by atoms with van der Waals surface area (Å²) in [5.74, 6) is -0.161. The summed E-state index contributed by atoms with van der Waals surface area (Å²) in [6, 6.07) is 10.7. The lowest BCUT2D eigenvalue weighted by atomic mass is 10.2. The average molecular weight is 425 g/mol. The molecule has 3 aromatic rings. The van der Waals surface area contributed by atoms with Gasteiger partial charge in [-0.05, 0) is 44.1 Å². The maximum Gasteiger partial charge on any atom is 0.211 e. The van der Waals surface area contributed by atoms with Crippen LogP contribution >= 0.6 is 12.4 Å². The van der Waals surface area contributed by atoms with Crippen LogP contribution in [0.4, 0.5) is 4.39 Å². The lowest BCUT2D eigenvalue weighted by Crippen LogP contribution is -2.25. The molecule has 2 heterocycles. The van der Waals surface area contributed by atoms with Gasteiger partial charge in [-0.15, -0.1) is 12.4 Å². The van der Waals surface area contributed by atoms with Crippen LogP contribution in [0.1, 0.15) is 12.8 Å². The number of halogens is 2. The smallest absolute Gasteiger partial charge is 0.211 e. The number of aromatic nitrogens is 1. The summed E-state index contributed by atoms with van der Waals surface area (Å²) in [5, 5.41) is 0.497. The molecule has 0 atom stereocenters. The molecule has 0 unspecified atom stereocenters. The highest BCUT2D eigenvalue weighted by molar-refractivity contribution is 7.91. The summed E-state index contributed by atoms with van der Waals surface area (Å²) in [6.45, 7) is 3.58. The van der Waals surface area contributed by atoms with Crippen molar-refractivity contribution in [3.05, 3.63) is 54.5 Å². The first-order valence-electron chi connectivity index (χ1n) is 9.02. The maximum absolute atomic E-state index is 14.1. The van der Waals surface area contributed by atoms with Gasteiger partial charge < -0.3 is 9.72 Å². The Balaban J connectivity index is 0.00000225. The number of likely N-dealkylation sites (tertiary alicyclic amines) is 1. The number of para-hydroxylation sites is 1. The third kappa shape index (κ3) is 3.87. The second-order valence-corrected chi connectivity index (χ2v) is 8.55. The van der Waals surface area contributed by atoms with E-state index in [1.54, 1.807) is 12.1 Å². The number of H-pyrrole nitrogens is 1. The Labute approximate surface area is 169 Å². The minimum atomic E-state index is -3.97. The monoisotopic (exact) mass is 424 g/mol. The number of ether oxygens (including phenoxy) is 1. The van der Waals surface area contributed by atoms with Gasteiger partial charge in [-0.1, -0.05) is 24.3 Å². The molecule has 0 radical (unpaired) electrons. The van der Waals surface area contributed by atoms with Crippen LogP contribution in [-0.4, -0.2) is 44.5 Å². The number of benzene rings is 2. The fraction of sp³-hybridized carbons (Fsp3) is 0.300. The Bertz CT molecular complexity index is 1060. The van der Waals surface area contributed by atoms with E-state index in [0.29, 0.717) is 23.3 Å². The van der Waals surface area contributed by atoms with E-state index in [2.05, 4.69) is 9.88 Å². The standard InChI is InChI=1S/C20H21FN2O3S.ClH/c21-16-7-1-2-9-18(16)27(24,25)19-14-22-20-15(19)6-5-8-17(20)26-13-12-23-10-3-4-11-23;/h1-2,5-9,14,22H,3-4,10-13H2;1H. The van der Waals surface area contributed by atoms with E-state index in [1.165, 1.54) is 37.2 Å². The molecule has 1 aliphatic heterocycles. The Morgan fingerprint density at radius 3 is 2.54 bits per heavy atom. The summed E-state index contributed by atoms with van der Waals surface area (Å²) in [6.07, 6.45) is 3.85. The highest BCUT2D eigenvalue weighted by Crippen LogP contribution is 2.33. The molecule has 1 aromatic heterocycles. The van der Waals surface area contributed by atoms with E-state index < -0.39 is 15.7 Å². The van der Waals surface area contributed by atoms with Gasteiger partial charge in [0.05, 0.1) is 10.4 Å². The molecule has 4 rings (SSSR count). The number of nitrogens with one attached hydrogen (secondary N) is 1. The molecule has 2 aromatic carbocycles. The van der Waals surface area contributed by atoms with Crippen LogP contribution in [0, 0.1) is 5.82 Å². The van der Waals surface area contributed by atoms with Gasteiger partial charge in [0, 0.05) is 18.1 Å². The van der Waals surface area contributed by atoms with Crippen molar-refractivity contribution in [1.29, 1.82) is 0 Å². The van der Waals surface area contributed by atoms with Crippen LogP contribution in [0.15, 0.2) is 58.5 Å². The molecule has 1 aliphatic rings. The van der Waals surface area contributed by atoms with Crippen LogP contribution in [0.2, 0.25) is 0 Å². The zero-order valence-electron chi connectivity index (χ0n) is 15.2. The first kappa shape index (κ1) is 20.6. The van der Waals surface area contributed by atoms with E-state index in [9.17, 15) is 12.8 Å². The topological polar surface area (TPSA) is 62.4 Å². The number of fused-ring (bicyclic) bond motifs is 1. The molecule has 5 nitrogen and oxygen atoms in total. The SMILES string of the molecule is Cl.O=S(=O)(c1ccccc1F)c1c[nH]c2c(OCCN3CCCC3)cccc12. The number of hydrogen-bond donors (Lipinski definition) is 1. The van der Waals surface area contributed by atoms with Crippen molar-refractivity contribution >= 4 is 33.1 Å². The third-order valence-electron chi connectivity index (χ3n) is 4.92. The van der Waals surface area contributed by atoms with Gasteiger partial charge in [0.1, 0.15) is 23.1 Å². The van der Waals surface area contributed by atoms with Gasteiger partial charge in [-0.2, -0.15) is 0 Å². The summed E-state index contributed by atoms with van der Waals surface area (Å²) in [7, 11) is -3.97. The van der Waals surface area contributed by atoms with Crippen molar-refractivity contribution in [1.82, 2.24) is 9.88 Å². The predicted octanol–water partition coefficient (Wildman–Crippen LogP) is 4.04. The van der Waals surface area contributed by atoms with E-state index >= 15 is 0 Å². The fourth-order valence-electron chi connectivity index (χ4n) is 3.52. The first-order chi connectivity index (χ1) is 13.1. The highest BCUT2D eigenvalue weighted by atomic mass is 35.5. The van der Waals surface area contributed by atoms with Crippen LogP contribution in [0.3, 0.4) is 0 Å². The molecule has 1 saturated heterocycles. The first-order valence-corrected chi connectivity index (χ1v) is 10.5. The fourth-order valence-corrected chi connectivity index (χ4v) is 5.01. The molecule has 0 spiro atoms. The number of hydrogen-bond acceptors (Lipinski definition) is 4. The second-order valence-electron chi connectivity index (χ2n) is 6.66. The molecular formula is C20H22ClFN2O3S. The van der Waals surface area contributed by atoms with E-state index in [0.717, 1.165) is 25.7 Å². The normalized spacial score (nSPS) is 14.9. The van der Waals surface area contributed by atoms with Crippen LogP contribution in [-0.2, 0) is 9.84 Å². The molecular weight excluding hydrogens is 403 g/mol. The Morgan fingerprint density at radius 1 is 1.04 bits per heavy atom. The van der Waals surface area contributed by atoms with Crippen LogP contribution in [0.5, 0.6) is 5.75 Å². The zero-order valence-corrected chi connectivity index (χ0v) is 16.9. The van der Waals surface area contributed by atoms with Crippen molar-refractivity contribution in [2.75, 3.05) is 26.2 Å². The predicted molar refractivity (Wildman–Crippen MR) is 109 cm³/mol. The largest absolute Gasteiger partial charge is 0.490 e. The molecule has 0 amide bonds. The number of nitrogens with zero attached hydrogens (tertiary/aromatic N) is 1. The molecule has 1 N–H and O–H groups in total. The number of aromatic amines is 1. The van der Waals surface area contributed by atoms with Crippen molar-refractivity contribution in [2.45, 2.75) is 22.6 Å². The summed E-state index contributed by atoms with van der Waals surface area (Å²) in [5.41, 5.74) is 0.605. The van der Waals surface area contributed by atoms with Gasteiger partial charge in [-0.25, -0.2) is 12.8 Å². The van der Waals surface area contributed by atoms with Crippen molar-refractivity contribution in [2.24, 2.45) is 0 Å². The second kappa shape index (κ2) is 8.51. The van der Waals surface area contributed by atoms with Gasteiger partial charge in [0.15, 0.2) is 0 Å². The molecule has 8 heteroatoms. The van der Waals surface area contributed by atoms with Gasteiger partial charge in [-0.3, -0.25) is 4.90 Å². The van der Waals surface area contributed by atoms with E-state index in [4.69, 9.17) is 4.74 Å². The third-order valence-corrected chi connectivity index (χ3v) is 6.75. The zero-order chi connectivity index (χ0) is 18.9. The van der Waals surface area contributed by atoms with E-state index in [1.807, 2.05) is 6.07 Å². The quantitative estimate of drug-likeness (QED) is 0.648. The minimum Gasteiger partial charge on any atom is -0.490 e. The molecule has 0 aliphatic carbocycles. The average Bonchev–Trinajstić information content (AvgIpc) is 3.32. The number of rotatable bonds is 6. The number of sulfone groups is 1. The van der Waals surface area contributed by atoms with Gasteiger partial charge in [0.25, 0.3) is 0 Å².